The van der Waals surface area contributed by atoms with E-state index >= 15 is 0 Å². The summed E-state index contributed by atoms with van der Waals surface area (Å²) in [5.74, 6) is -2.08. The van der Waals surface area contributed by atoms with Crippen LogP contribution in [-0.4, -0.2) is 79.5 Å². The number of aliphatic hydroxyl groups excluding tert-OH is 5. The van der Waals surface area contributed by atoms with E-state index in [4.69, 9.17) is 9.47 Å². The number of ketones is 2. The van der Waals surface area contributed by atoms with Gasteiger partial charge >= 0.3 is 0 Å². The fourth-order valence-electron chi connectivity index (χ4n) is 4.83. The Balaban J connectivity index is 1.64. The van der Waals surface area contributed by atoms with Crippen LogP contribution in [0.5, 0.6) is 11.5 Å². The lowest BCUT2D eigenvalue weighted by Crippen LogP contribution is -2.60. The highest BCUT2D eigenvalue weighted by atomic mass is 16.7. The van der Waals surface area contributed by atoms with Gasteiger partial charge in [0.1, 0.15) is 24.4 Å². The number of ether oxygens (including phenoxy) is 2. The average Bonchev–Trinajstić information content (AvgIpc) is 2.93. The van der Waals surface area contributed by atoms with Crippen molar-refractivity contribution in [3.63, 3.8) is 0 Å². The number of phenolic OH excluding ortho intramolecular Hbond substituents is 1. The van der Waals surface area contributed by atoms with Gasteiger partial charge in [-0.25, -0.2) is 0 Å². The molecule has 0 aromatic heterocycles. The predicted molar refractivity (Wildman–Crippen MR) is 131 cm³/mol. The molecule has 38 heavy (non-hydrogen) atoms. The Bertz CT molecular complexity index is 1380. The van der Waals surface area contributed by atoms with Crippen molar-refractivity contribution in [1.82, 2.24) is 0 Å². The molecule has 1 heterocycles. The second-order valence-corrected chi connectivity index (χ2v) is 9.31. The molecular weight excluding hydrogens is 496 g/mol. The number of phenols is 1. The summed E-state index contributed by atoms with van der Waals surface area (Å²) >= 11 is 0. The third-order valence-electron chi connectivity index (χ3n) is 6.88. The van der Waals surface area contributed by atoms with Gasteiger partial charge in [0.15, 0.2) is 23.1 Å². The standard InChI is InChI=1S/C28H26O10/c29-11-14-6-7-16-17(9-14)22(32)20-18(21(16)31)10-15(8-13-4-2-1-3-5-13)27(24(20)34)38-28-26(36)25(35)23(33)19(12-30)37-28/h1-7,9-10,19,23,25-26,28-30,33-36H,8,11-12H2. The second-order valence-electron chi connectivity index (χ2n) is 9.31. The molecule has 0 bridgehead atoms. The zero-order valence-electron chi connectivity index (χ0n) is 20.0. The zero-order chi connectivity index (χ0) is 27.1. The fraction of sp³-hybridized carbons (Fsp3) is 0.286. The number of hydrogen-bond acceptors (Lipinski definition) is 10. The Morgan fingerprint density at radius 2 is 1.53 bits per heavy atom. The van der Waals surface area contributed by atoms with Crippen molar-refractivity contribution >= 4 is 11.6 Å². The maximum absolute atomic E-state index is 13.5. The maximum atomic E-state index is 13.5. The molecule has 0 radical (unpaired) electrons. The van der Waals surface area contributed by atoms with Crippen LogP contribution < -0.4 is 4.74 Å². The van der Waals surface area contributed by atoms with E-state index in [0.717, 1.165) is 5.56 Å². The quantitative estimate of drug-likeness (QED) is 0.208. The van der Waals surface area contributed by atoms with Gasteiger partial charge in [-0.3, -0.25) is 9.59 Å². The normalized spacial score (nSPS) is 24.6. The van der Waals surface area contributed by atoms with Crippen molar-refractivity contribution in [2.75, 3.05) is 6.61 Å². The van der Waals surface area contributed by atoms with Gasteiger partial charge in [-0.15, -0.1) is 0 Å². The lowest BCUT2D eigenvalue weighted by Gasteiger charge is -2.40. The third-order valence-corrected chi connectivity index (χ3v) is 6.88. The lowest BCUT2D eigenvalue weighted by molar-refractivity contribution is -0.277. The van der Waals surface area contributed by atoms with Crippen LogP contribution in [0.2, 0.25) is 0 Å². The molecule has 5 atom stereocenters. The van der Waals surface area contributed by atoms with Gasteiger partial charge in [0.25, 0.3) is 0 Å². The highest BCUT2D eigenvalue weighted by Crippen LogP contribution is 2.43. The van der Waals surface area contributed by atoms with Gasteiger partial charge in [0.05, 0.1) is 18.8 Å². The highest BCUT2D eigenvalue weighted by molar-refractivity contribution is 6.29. The molecular formula is C28H26O10. The molecule has 1 aliphatic carbocycles. The van der Waals surface area contributed by atoms with Crippen LogP contribution in [0.4, 0.5) is 0 Å². The molecule has 0 amide bonds. The number of benzene rings is 3. The molecule has 198 valence electrons. The molecule has 5 rings (SSSR count). The first-order valence-electron chi connectivity index (χ1n) is 12.0. The van der Waals surface area contributed by atoms with Gasteiger partial charge in [0, 0.05) is 28.7 Å². The van der Waals surface area contributed by atoms with Crippen LogP contribution in [-0.2, 0) is 17.8 Å². The SMILES string of the molecule is O=C1c2ccc(CO)cc2C(=O)c2c1cc(Cc1ccccc1)c(OC1OC(CO)C(O)C(O)C1O)c2O. The Morgan fingerprint density at radius 1 is 0.789 bits per heavy atom. The van der Waals surface area contributed by atoms with E-state index in [-0.39, 0.29) is 41.0 Å². The van der Waals surface area contributed by atoms with Gasteiger partial charge in [-0.05, 0) is 29.3 Å². The van der Waals surface area contributed by atoms with Crippen molar-refractivity contribution in [1.29, 1.82) is 0 Å². The molecule has 3 aromatic rings. The van der Waals surface area contributed by atoms with Crippen LogP contribution >= 0.6 is 0 Å². The number of aliphatic hydroxyl groups is 5. The summed E-state index contributed by atoms with van der Waals surface area (Å²) < 4.78 is 11.3. The average molecular weight is 523 g/mol. The Hall–Kier alpha value is -3.64. The van der Waals surface area contributed by atoms with E-state index in [1.54, 1.807) is 12.1 Å². The second kappa shape index (κ2) is 10.3. The number of aromatic hydroxyl groups is 1. The predicted octanol–water partition coefficient (Wildman–Crippen LogP) is 0.429. The van der Waals surface area contributed by atoms with E-state index in [1.165, 1.54) is 24.3 Å². The first-order chi connectivity index (χ1) is 18.2. The van der Waals surface area contributed by atoms with Crippen LogP contribution in [0.1, 0.15) is 48.5 Å². The van der Waals surface area contributed by atoms with Crippen molar-refractivity contribution < 1.29 is 49.7 Å². The first-order valence-corrected chi connectivity index (χ1v) is 12.0. The van der Waals surface area contributed by atoms with Crippen LogP contribution in [0.15, 0.2) is 54.6 Å². The Kier molecular flexibility index (Phi) is 7.01. The molecule has 10 nitrogen and oxygen atoms in total. The number of rotatable bonds is 6. The van der Waals surface area contributed by atoms with Crippen molar-refractivity contribution in [2.24, 2.45) is 0 Å². The van der Waals surface area contributed by atoms with Gasteiger partial charge in [0.2, 0.25) is 6.29 Å². The molecule has 1 saturated heterocycles. The summed E-state index contributed by atoms with van der Waals surface area (Å²) in [6.45, 7) is -1.04. The number of carbonyl (C=O) groups excluding carboxylic acids is 2. The molecule has 0 saturated carbocycles. The van der Waals surface area contributed by atoms with Gasteiger partial charge < -0.3 is 40.1 Å². The molecule has 5 unspecified atom stereocenters. The summed E-state index contributed by atoms with van der Waals surface area (Å²) in [6.07, 6.45) is -7.85. The highest BCUT2D eigenvalue weighted by Gasteiger charge is 2.45. The minimum atomic E-state index is -1.77. The van der Waals surface area contributed by atoms with Gasteiger partial charge in [-0.2, -0.15) is 0 Å². The van der Waals surface area contributed by atoms with E-state index in [9.17, 15) is 40.2 Å². The van der Waals surface area contributed by atoms with Crippen molar-refractivity contribution in [3.05, 3.63) is 93.5 Å². The van der Waals surface area contributed by atoms with E-state index in [0.29, 0.717) is 11.1 Å². The van der Waals surface area contributed by atoms with E-state index in [1.807, 2.05) is 18.2 Å². The Morgan fingerprint density at radius 3 is 2.21 bits per heavy atom. The minimum Gasteiger partial charge on any atom is -0.504 e. The van der Waals surface area contributed by atoms with E-state index < -0.39 is 54.6 Å². The van der Waals surface area contributed by atoms with Crippen LogP contribution in [0.3, 0.4) is 0 Å². The van der Waals surface area contributed by atoms with Crippen LogP contribution in [0.25, 0.3) is 0 Å². The molecule has 2 aliphatic rings. The maximum Gasteiger partial charge on any atom is 0.229 e. The summed E-state index contributed by atoms with van der Waals surface area (Å²) in [5.41, 5.74) is 1.28. The largest absolute Gasteiger partial charge is 0.504 e. The molecule has 1 aliphatic heterocycles. The smallest absolute Gasteiger partial charge is 0.229 e. The minimum absolute atomic E-state index is 0.0129. The summed E-state index contributed by atoms with van der Waals surface area (Å²) in [6, 6.07) is 14.9. The fourth-order valence-corrected chi connectivity index (χ4v) is 4.83. The zero-order valence-corrected chi connectivity index (χ0v) is 20.0. The summed E-state index contributed by atoms with van der Waals surface area (Å²) in [7, 11) is 0. The van der Waals surface area contributed by atoms with E-state index in [2.05, 4.69) is 0 Å². The molecule has 6 N–H and O–H groups in total. The third kappa shape index (κ3) is 4.37. The molecule has 10 heteroatoms. The lowest BCUT2D eigenvalue weighted by atomic mass is 9.81. The van der Waals surface area contributed by atoms with Crippen molar-refractivity contribution in [2.45, 2.75) is 43.7 Å². The summed E-state index contributed by atoms with van der Waals surface area (Å²) in [5, 5.41) is 61.2. The van der Waals surface area contributed by atoms with Crippen molar-refractivity contribution in [3.8, 4) is 11.5 Å². The number of carbonyl (C=O) groups is 2. The number of fused-ring (bicyclic) bond motifs is 2. The number of hydrogen-bond donors (Lipinski definition) is 6. The first kappa shape index (κ1) is 26.0. The van der Waals surface area contributed by atoms with Gasteiger partial charge in [-0.1, -0.05) is 36.4 Å². The Labute approximate surface area is 216 Å². The molecule has 0 spiro atoms. The molecule has 3 aromatic carbocycles. The molecule has 1 fully saturated rings. The summed E-state index contributed by atoms with van der Waals surface area (Å²) in [4.78, 5) is 26.9. The van der Waals surface area contributed by atoms with Crippen LogP contribution in [0, 0.1) is 0 Å². The topological polar surface area (TPSA) is 174 Å². The monoisotopic (exact) mass is 522 g/mol.